The Morgan fingerprint density at radius 1 is 1.02 bits per heavy atom. The Morgan fingerprint density at radius 2 is 1.69 bits per heavy atom. The number of fused-ring (bicyclic) bond motifs is 1. The van der Waals surface area contributed by atoms with Crippen molar-refractivity contribution in [2.75, 3.05) is 19.7 Å². The van der Waals surface area contributed by atoms with Crippen LogP contribution in [0.1, 0.15) is 91.2 Å². The van der Waals surface area contributed by atoms with Crippen molar-refractivity contribution in [3.63, 3.8) is 0 Å². The number of alkyl carbamates (subject to hydrolysis) is 1. The number of likely N-dealkylation sites (tertiary alicyclic amines) is 1. The summed E-state index contributed by atoms with van der Waals surface area (Å²) in [5.41, 5.74) is 1.71. The number of nitrogens with one attached hydrogen (secondary N) is 5. The number of rotatable bonds is 20. The second kappa shape index (κ2) is 21.2. The summed E-state index contributed by atoms with van der Waals surface area (Å²) < 4.78 is 5.32. The standard InChI is InChI=1S/C41H66N6O7/c1-9-12-17-31(35(48)37(50)43-20-10-2)44-36(49)32-21-27(19-18-26(4)5)24-47(32)38(51)34(30-22-28-15-13-14-16-29(28)23-30)46-39(52)45-33(41(6,7)8)25-54-40(53)42-11-3/h10-11,13-16,26-27,30-35,37,43,48,50H,2-3,9,12,17-25H2,1,4-8H3,(H,42,53)(H,44,49)(H2,45,46,52)/t27?,31?,32-,33+,34-,35?,37?/m0/s1. The lowest BCUT2D eigenvalue weighted by atomic mass is 9.87. The minimum Gasteiger partial charge on any atom is -0.447 e. The Balaban J connectivity index is 1.93. The molecule has 1 aromatic rings. The van der Waals surface area contributed by atoms with Crippen molar-refractivity contribution < 1.29 is 34.1 Å². The van der Waals surface area contributed by atoms with E-state index in [9.17, 15) is 29.4 Å². The first-order chi connectivity index (χ1) is 25.6. The van der Waals surface area contributed by atoms with Gasteiger partial charge in [-0.1, -0.05) is 97.7 Å². The minimum absolute atomic E-state index is 0.0605. The fraction of sp³-hybridized carbons (Fsp3) is 0.659. The number of carbonyl (C=O) groups is 4. The number of aliphatic hydroxyl groups excluding tert-OH is 2. The zero-order chi connectivity index (χ0) is 40.0. The van der Waals surface area contributed by atoms with Crippen molar-refractivity contribution in [3.05, 3.63) is 60.8 Å². The van der Waals surface area contributed by atoms with Crippen molar-refractivity contribution in [1.82, 2.24) is 31.5 Å². The predicted molar refractivity (Wildman–Crippen MR) is 210 cm³/mol. The van der Waals surface area contributed by atoms with E-state index in [4.69, 9.17) is 4.74 Å². The van der Waals surface area contributed by atoms with Crippen molar-refractivity contribution in [1.29, 1.82) is 0 Å². The molecule has 4 unspecified atom stereocenters. The van der Waals surface area contributed by atoms with E-state index in [1.807, 2.05) is 52.0 Å². The van der Waals surface area contributed by atoms with E-state index < -0.39 is 59.9 Å². The zero-order valence-electron chi connectivity index (χ0n) is 33.2. The quantitative estimate of drug-likeness (QED) is 0.0767. The van der Waals surface area contributed by atoms with Crippen molar-refractivity contribution >= 4 is 23.9 Å². The van der Waals surface area contributed by atoms with E-state index in [1.54, 1.807) is 11.0 Å². The maximum absolute atomic E-state index is 14.9. The van der Waals surface area contributed by atoms with Gasteiger partial charge in [0.2, 0.25) is 11.8 Å². The SMILES string of the molecule is C=CCNC(O)C(O)C(CCCC)NC(=O)[C@@H]1CC(CCC(C)C)CN1C(=O)[C@@H](NC(=O)N[C@H](COC(=O)NC=C)C(C)(C)C)C1Cc2ccccc2C1. The van der Waals surface area contributed by atoms with E-state index in [0.717, 1.165) is 30.4 Å². The minimum atomic E-state index is -1.29. The molecule has 0 saturated carbocycles. The number of nitrogens with zero attached hydrogens (tertiary/aromatic N) is 1. The molecule has 0 aromatic heterocycles. The van der Waals surface area contributed by atoms with Gasteiger partial charge in [-0.15, -0.1) is 6.58 Å². The normalized spacial score (nSPS) is 19.9. The molecule has 5 amide bonds. The molecule has 54 heavy (non-hydrogen) atoms. The number of amides is 5. The van der Waals surface area contributed by atoms with Crippen LogP contribution in [0.15, 0.2) is 49.7 Å². The lowest BCUT2D eigenvalue weighted by molar-refractivity contribution is -0.141. The fourth-order valence-electron chi connectivity index (χ4n) is 7.29. The highest BCUT2D eigenvalue weighted by Gasteiger charge is 2.45. The third-order valence-corrected chi connectivity index (χ3v) is 10.6. The third-order valence-electron chi connectivity index (χ3n) is 10.6. The number of aliphatic hydroxyl groups is 2. The molecule has 0 spiro atoms. The third kappa shape index (κ3) is 13.1. The van der Waals surface area contributed by atoms with E-state index in [1.165, 1.54) is 6.20 Å². The molecule has 1 aliphatic heterocycles. The van der Waals surface area contributed by atoms with Crippen LogP contribution in [-0.4, -0.2) is 95.2 Å². The summed E-state index contributed by atoms with van der Waals surface area (Å²) in [4.78, 5) is 56.7. The van der Waals surface area contributed by atoms with E-state index >= 15 is 0 Å². The zero-order valence-corrected chi connectivity index (χ0v) is 33.2. The molecule has 2 aliphatic rings. The Hall–Kier alpha value is -3.94. The first-order valence-corrected chi connectivity index (χ1v) is 19.6. The second-order valence-electron chi connectivity index (χ2n) is 16.4. The molecule has 13 nitrogen and oxygen atoms in total. The van der Waals surface area contributed by atoms with Crippen LogP contribution in [0.5, 0.6) is 0 Å². The van der Waals surface area contributed by atoms with E-state index in [-0.39, 0.29) is 30.9 Å². The number of benzene rings is 1. The number of ether oxygens (including phenoxy) is 1. The van der Waals surface area contributed by atoms with Gasteiger partial charge in [-0.2, -0.15) is 0 Å². The highest BCUT2D eigenvalue weighted by molar-refractivity contribution is 5.93. The number of urea groups is 1. The van der Waals surface area contributed by atoms with Gasteiger partial charge in [-0.3, -0.25) is 20.2 Å². The van der Waals surface area contributed by atoms with Crippen molar-refractivity contribution in [3.8, 4) is 0 Å². The van der Waals surface area contributed by atoms with Crippen LogP contribution in [0, 0.1) is 23.2 Å². The molecule has 13 heteroatoms. The lowest BCUT2D eigenvalue weighted by Gasteiger charge is -2.35. The van der Waals surface area contributed by atoms with Crippen molar-refractivity contribution in [2.24, 2.45) is 23.2 Å². The summed E-state index contributed by atoms with van der Waals surface area (Å²) in [5, 5.41) is 35.8. The highest BCUT2D eigenvalue weighted by atomic mass is 16.5. The fourth-order valence-corrected chi connectivity index (χ4v) is 7.29. The van der Waals surface area contributed by atoms with Gasteiger partial charge < -0.3 is 35.8 Å². The van der Waals surface area contributed by atoms with Gasteiger partial charge in [-0.05, 0) is 72.6 Å². The molecule has 302 valence electrons. The molecular weight excluding hydrogens is 688 g/mol. The van der Waals surface area contributed by atoms with Crippen LogP contribution in [-0.2, 0) is 27.2 Å². The van der Waals surface area contributed by atoms with Gasteiger partial charge in [0.25, 0.3) is 0 Å². The first-order valence-electron chi connectivity index (χ1n) is 19.6. The summed E-state index contributed by atoms with van der Waals surface area (Å²) in [6, 6.07) is 4.25. The highest BCUT2D eigenvalue weighted by Crippen LogP contribution is 2.34. The average molecular weight is 755 g/mol. The largest absolute Gasteiger partial charge is 0.447 e. The monoisotopic (exact) mass is 754 g/mol. The van der Waals surface area contributed by atoms with Crippen LogP contribution < -0.4 is 26.6 Å². The van der Waals surface area contributed by atoms with Crippen molar-refractivity contribution in [2.45, 2.75) is 129 Å². The van der Waals surface area contributed by atoms with Gasteiger partial charge in [0.15, 0.2) is 0 Å². The summed E-state index contributed by atoms with van der Waals surface area (Å²) in [6.07, 6.45) is 4.82. The summed E-state index contributed by atoms with van der Waals surface area (Å²) in [6.45, 7) is 19.7. The Bertz CT molecular complexity index is 1390. The van der Waals surface area contributed by atoms with Crippen LogP contribution in [0.25, 0.3) is 0 Å². The summed E-state index contributed by atoms with van der Waals surface area (Å²) >= 11 is 0. The second-order valence-corrected chi connectivity index (χ2v) is 16.4. The lowest BCUT2D eigenvalue weighted by Crippen LogP contribution is -2.60. The predicted octanol–water partition coefficient (Wildman–Crippen LogP) is 4.14. The van der Waals surface area contributed by atoms with Gasteiger partial charge in [-0.25, -0.2) is 9.59 Å². The van der Waals surface area contributed by atoms with E-state index in [0.29, 0.717) is 44.6 Å². The molecular formula is C41H66N6O7. The molecule has 7 atom stereocenters. The van der Waals surface area contributed by atoms with Gasteiger partial charge >= 0.3 is 12.1 Å². The molecule has 0 radical (unpaired) electrons. The number of hydrogen-bond donors (Lipinski definition) is 7. The summed E-state index contributed by atoms with van der Waals surface area (Å²) in [5.74, 6) is -0.510. The Morgan fingerprint density at radius 3 is 2.26 bits per heavy atom. The molecule has 1 heterocycles. The smallest absolute Gasteiger partial charge is 0.411 e. The molecule has 7 N–H and O–H groups in total. The molecule has 1 fully saturated rings. The molecule has 0 bridgehead atoms. The number of carbonyl (C=O) groups excluding carboxylic acids is 4. The molecule has 1 aliphatic carbocycles. The van der Waals surface area contributed by atoms with Crippen LogP contribution in [0.2, 0.25) is 0 Å². The molecule has 3 rings (SSSR count). The van der Waals surface area contributed by atoms with Gasteiger partial charge in [0, 0.05) is 13.1 Å². The van der Waals surface area contributed by atoms with Crippen LogP contribution in [0.3, 0.4) is 0 Å². The average Bonchev–Trinajstić information content (AvgIpc) is 3.76. The topological polar surface area (TPSA) is 181 Å². The number of hydrogen-bond acceptors (Lipinski definition) is 8. The Kier molecular flexibility index (Phi) is 17.5. The number of unbranched alkanes of at least 4 members (excludes halogenated alkanes) is 1. The van der Waals surface area contributed by atoms with Crippen LogP contribution >= 0.6 is 0 Å². The maximum Gasteiger partial charge on any atom is 0.411 e. The summed E-state index contributed by atoms with van der Waals surface area (Å²) in [7, 11) is 0. The molecule has 1 saturated heterocycles. The van der Waals surface area contributed by atoms with Gasteiger partial charge in [0.05, 0.1) is 12.1 Å². The molecule has 1 aromatic carbocycles. The maximum atomic E-state index is 14.9. The van der Waals surface area contributed by atoms with Gasteiger partial charge in [0.1, 0.15) is 31.0 Å². The first kappa shape index (κ1) is 44.5. The van der Waals surface area contributed by atoms with E-state index in [2.05, 4.69) is 53.6 Å². The Labute approximate surface area is 322 Å². The van der Waals surface area contributed by atoms with Crippen LogP contribution in [0.4, 0.5) is 9.59 Å².